The van der Waals surface area contributed by atoms with E-state index in [0.29, 0.717) is 26.2 Å². The number of nitrogens with zero attached hydrogens (tertiary/aromatic N) is 2. The van der Waals surface area contributed by atoms with Crippen molar-refractivity contribution in [3.05, 3.63) is 59.9 Å². The lowest BCUT2D eigenvalue weighted by atomic mass is 10.2. The molecule has 0 saturated carbocycles. The fraction of sp³-hybridized carbons (Fsp3) is 0.333. The molecule has 1 heterocycles. The van der Waals surface area contributed by atoms with Crippen molar-refractivity contribution in [1.29, 1.82) is 0 Å². The fourth-order valence-corrected chi connectivity index (χ4v) is 4.81. The number of rotatable bonds is 5. The lowest BCUT2D eigenvalue weighted by molar-refractivity contribution is 0.181. The second-order valence-electron chi connectivity index (χ2n) is 5.96. The minimum atomic E-state index is -3.77. The van der Waals surface area contributed by atoms with E-state index < -0.39 is 15.8 Å². The van der Waals surface area contributed by atoms with Crippen LogP contribution in [-0.4, -0.2) is 50.1 Å². The maximum Gasteiger partial charge on any atom is 0.246 e. The van der Waals surface area contributed by atoms with Gasteiger partial charge in [-0.1, -0.05) is 24.3 Å². The van der Waals surface area contributed by atoms with Gasteiger partial charge in [0.2, 0.25) is 10.0 Å². The molecule has 0 radical (unpaired) electrons. The number of thioether (sulfide) groups is 1. The topological polar surface area (TPSA) is 40.6 Å². The summed E-state index contributed by atoms with van der Waals surface area (Å²) in [5.41, 5.74) is 1.21. The first-order valence-corrected chi connectivity index (χ1v) is 10.8. The average molecular weight is 417 g/mol. The van der Waals surface area contributed by atoms with E-state index in [1.807, 2.05) is 6.26 Å². The highest BCUT2D eigenvalue weighted by Crippen LogP contribution is 2.21. The van der Waals surface area contributed by atoms with Crippen LogP contribution in [0.25, 0.3) is 0 Å². The summed E-state index contributed by atoms with van der Waals surface area (Å²) in [7, 11) is -3.77. The predicted octanol–water partition coefficient (Wildman–Crippen LogP) is 3.48. The van der Waals surface area contributed by atoms with Crippen molar-refractivity contribution in [1.82, 2.24) is 9.21 Å². The smallest absolute Gasteiger partial charge is 0.246 e. The molecule has 0 aromatic heterocycles. The molecule has 1 saturated heterocycles. The van der Waals surface area contributed by atoms with Crippen LogP contribution < -0.4 is 0 Å². The molecular formula is C18H22ClFN2O2S2. The lowest BCUT2D eigenvalue weighted by Crippen LogP contribution is -2.48. The van der Waals surface area contributed by atoms with Gasteiger partial charge in [0.25, 0.3) is 0 Å². The van der Waals surface area contributed by atoms with Crippen molar-refractivity contribution >= 4 is 34.2 Å². The van der Waals surface area contributed by atoms with Gasteiger partial charge in [-0.05, 0) is 36.1 Å². The van der Waals surface area contributed by atoms with Gasteiger partial charge in [0.15, 0.2) is 0 Å². The van der Waals surface area contributed by atoms with E-state index in [-0.39, 0.29) is 17.3 Å². The molecular weight excluding hydrogens is 395 g/mol. The molecule has 4 nitrogen and oxygen atoms in total. The molecule has 3 rings (SSSR count). The van der Waals surface area contributed by atoms with Crippen LogP contribution in [0.2, 0.25) is 0 Å². The van der Waals surface area contributed by atoms with Crippen LogP contribution in [0.1, 0.15) is 5.56 Å². The second-order valence-corrected chi connectivity index (χ2v) is 8.74. The van der Waals surface area contributed by atoms with E-state index >= 15 is 0 Å². The molecule has 0 bridgehead atoms. The molecule has 1 fully saturated rings. The molecule has 0 spiro atoms. The van der Waals surface area contributed by atoms with Crippen molar-refractivity contribution in [3.63, 3.8) is 0 Å². The Labute approximate surface area is 164 Å². The molecule has 0 aliphatic carbocycles. The van der Waals surface area contributed by atoms with E-state index in [1.54, 1.807) is 17.8 Å². The third kappa shape index (κ3) is 4.78. The number of hydrogen-bond donors (Lipinski definition) is 0. The van der Waals surface area contributed by atoms with E-state index in [9.17, 15) is 12.8 Å². The van der Waals surface area contributed by atoms with Gasteiger partial charge in [-0.3, -0.25) is 4.90 Å². The van der Waals surface area contributed by atoms with Crippen molar-refractivity contribution in [2.24, 2.45) is 0 Å². The van der Waals surface area contributed by atoms with Crippen LogP contribution >= 0.6 is 24.2 Å². The summed E-state index contributed by atoms with van der Waals surface area (Å²) in [6, 6.07) is 13.9. The van der Waals surface area contributed by atoms with Crippen LogP contribution in [0.5, 0.6) is 0 Å². The fourth-order valence-electron chi connectivity index (χ4n) is 2.91. The molecule has 142 valence electrons. The third-order valence-corrected chi connectivity index (χ3v) is 7.03. The molecule has 26 heavy (non-hydrogen) atoms. The number of sulfonamides is 1. The van der Waals surface area contributed by atoms with Crippen molar-refractivity contribution in [2.45, 2.75) is 16.3 Å². The van der Waals surface area contributed by atoms with Crippen molar-refractivity contribution in [2.75, 3.05) is 32.4 Å². The number of halogens is 2. The monoisotopic (exact) mass is 416 g/mol. The zero-order valence-corrected chi connectivity index (χ0v) is 16.9. The summed E-state index contributed by atoms with van der Waals surface area (Å²) in [6.45, 7) is 2.82. The first-order valence-electron chi connectivity index (χ1n) is 8.10. The molecule has 2 aromatic carbocycles. The highest BCUT2D eigenvalue weighted by atomic mass is 35.5. The molecule has 1 aliphatic heterocycles. The molecule has 0 unspecified atom stereocenters. The quantitative estimate of drug-likeness (QED) is 0.700. The van der Waals surface area contributed by atoms with Gasteiger partial charge in [-0.2, -0.15) is 4.31 Å². The molecule has 0 atom stereocenters. The zero-order chi connectivity index (χ0) is 17.9. The number of benzene rings is 2. The van der Waals surface area contributed by atoms with Crippen LogP contribution in [-0.2, 0) is 16.6 Å². The Morgan fingerprint density at radius 1 is 1.00 bits per heavy atom. The highest BCUT2D eigenvalue weighted by molar-refractivity contribution is 7.98. The normalized spacial score (nSPS) is 16.2. The largest absolute Gasteiger partial charge is 0.296 e. The Bertz CT molecular complexity index is 823. The lowest BCUT2D eigenvalue weighted by Gasteiger charge is -2.34. The number of piperazine rings is 1. The third-order valence-electron chi connectivity index (χ3n) is 4.35. The van der Waals surface area contributed by atoms with Crippen LogP contribution in [0.3, 0.4) is 0 Å². The van der Waals surface area contributed by atoms with E-state index in [1.165, 1.54) is 33.0 Å². The molecule has 0 amide bonds. The van der Waals surface area contributed by atoms with Gasteiger partial charge in [-0.25, -0.2) is 12.8 Å². The summed E-state index contributed by atoms with van der Waals surface area (Å²) in [4.78, 5) is 3.21. The Balaban J connectivity index is 0.00000243. The maximum absolute atomic E-state index is 13.8. The first kappa shape index (κ1) is 21.2. The Morgan fingerprint density at radius 2 is 1.62 bits per heavy atom. The van der Waals surface area contributed by atoms with Gasteiger partial charge < -0.3 is 0 Å². The Morgan fingerprint density at radius 3 is 2.19 bits per heavy atom. The minimum Gasteiger partial charge on any atom is -0.296 e. The van der Waals surface area contributed by atoms with Crippen LogP contribution in [0.15, 0.2) is 58.3 Å². The maximum atomic E-state index is 13.8. The van der Waals surface area contributed by atoms with Gasteiger partial charge in [0.05, 0.1) is 0 Å². The van der Waals surface area contributed by atoms with Crippen molar-refractivity contribution in [3.8, 4) is 0 Å². The Hall–Kier alpha value is -1.12. The summed E-state index contributed by atoms with van der Waals surface area (Å²) in [5, 5.41) is 0. The van der Waals surface area contributed by atoms with E-state index in [2.05, 4.69) is 29.2 Å². The van der Waals surface area contributed by atoms with Crippen LogP contribution in [0.4, 0.5) is 4.39 Å². The van der Waals surface area contributed by atoms with E-state index in [0.717, 1.165) is 6.54 Å². The first-order chi connectivity index (χ1) is 12.0. The average Bonchev–Trinajstić information content (AvgIpc) is 2.63. The predicted molar refractivity (Wildman–Crippen MR) is 106 cm³/mol. The molecule has 8 heteroatoms. The zero-order valence-electron chi connectivity index (χ0n) is 14.5. The van der Waals surface area contributed by atoms with Gasteiger partial charge in [0, 0.05) is 37.6 Å². The molecule has 2 aromatic rings. The van der Waals surface area contributed by atoms with Gasteiger partial charge in [0.1, 0.15) is 10.7 Å². The SMILES string of the molecule is CSc1ccc(CN2CCN(S(=O)(=O)c3ccccc3F)CC2)cc1.Cl. The Kier molecular flexibility index (Phi) is 7.49. The summed E-state index contributed by atoms with van der Waals surface area (Å²) in [5.74, 6) is -0.696. The minimum absolute atomic E-state index is 0. The molecule has 0 N–H and O–H groups in total. The van der Waals surface area contributed by atoms with Crippen molar-refractivity contribution < 1.29 is 12.8 Å². The number of hydrogen-bond acceptors (Lipinski definition) is 4. The van der Waals surface area contributed by atoms with Gasteiger partial charge >= 0.3 is 0 Å². The van der Waals surface area contributed by atoms with Crippen LogP contribution in [0, 0.1) is 5.82 Å². The standard InChI is InChI=1S/C18H21FN2O2S2.ClH/c1-24-16-8-6-15(7-9-16)14-20-10-12-21(13-11-20)25(22,23)18-5-3-2-4-17(18)19;/h2-9H,10-14H2,1H3;1H. The van der Waals surface area contributed by atoms with Gasteiger partial charge in [-0.15, -0.1) is 24.2 Å². The summed E-state index contributed by atoms with van der Waals surface area (Å²) >= 11 is 1.71. The summed E-state index contributed by atoms with van der Waals surface area (Å²) in [6.07, 6.45) is 2.05. The van der Waals surface area contributed by atoms with E-state index in [4.69, 9.17) is 0 Å². The highest BCUT2D eigenvalue weighted by Gasteiger charge is 2.30. The summed E-state index contributed by atoms with van der Waals surface area (Å²) < 4.78 is 40.4. The second kappa shape index (κ2) is 9.19. The molecule has 1 aliphatic rings.